The van der Waals surface area contributed by atoms with Gasteiger partial charge in [-0.05, 0) is 19.8 Å². The zero-order valence-corrected chi connectivity index (χ0v) is 10.5. The SMILES string of the molecule is CC1(CCCC(F)(F)F)CC(=O)N1S(=O)(=O)Cl. The molecule has 1 amide bonds. The second-order valence-electron chi connectivity index (χ2n) is 4.24. The second kappa shape index (κ2) is 4.31. The van der Waals surface area contributed by atoms with E-state index in [4.69, 9.17) is 10.7 Å². The first-order valence-corrected chi connectivity index (χ1v) is 7.07. The van der Waals surface area contributed by atoms with E-state index in [0.29, 0.717) is 4.31 Å². The molecule has 1 rings (SSSR count). The summed E-state index contributed by atoms with van der Waals surface area (Å²) in [5.41, 5.74) is -1.12. The van der Waals surface area contributed by atoms with E-state index in [1.54, 1.807) is 0 Å². The predicted molar refractivity (Wildman–Crippen MR) is 54.5 cm³/mol. The molecule has 4 nitrogen and oxygen atoms in total. The van der Waals surface area contributed by atoms with Gasteiger partial charge < -0.3 is 0 Å². The third-order valence-corrected chi connectivity index (χ3v) is 4.14. The topological polar surface area (TPSA) is 54.5 Å². The van der Waals surface area contributed by atoms with Gasteiger partial charge in [-0.2, -0.15) is 21.6 Å². The standard InChI is InChI=1S/C8H11ClF3NO3S/c1-7(3-2-4-8(10,11)12)5-6(14)13(7)17(9,15)16/h2-5H2,1H3. The first-order valence-electron chi connectivity index (χ1n) is 4.80. The van der Waals surface area contributed by atoms with Crippen molar-refractivity contribution >= 4 is 25.8 Å². The van der Waals surface area contributed by atoms with Gasteiger partial charge in [-0.15, -0.1) is 0 Å². The van der Waals surface area contributed by atoms with Crippen molar-refractivity contribution in [3.8, 4) is 0 Å². The zero-order chi connectivity index (χ0) is 13.5. The number of carbonyl (C=O) groups excluding carboxylic acids is 1. The van der Waals surface area contributed by atoms with E-state index >= 15 is 0 Å². The number of β-lactam (4-membered cyclic amide) rings is 1. The number of alkyl halides is 3. The number of carbonyl (C=O) groups is 1. The highest BCUT2D eigenvalue weighted by atomic mass is 35.7. The van der Waals surface area contributed by atoms with Crippen molar-refractivity contribution in [1.82, 2.24) is 4.31 Å². The summed E-state index contributed by atoms with van der Waals surface area (Å²) in [6.45, 7) is 1.41. The quantitative estimate of drug-likeness (QED) is 0.590. The van der Waals surface area contributed by atoms with E-state index in [0.717, 1.165) is 0 Å². The average Bonchev–Trinajstić information content (AvgIpc) is 1.95. The van der Waals surface area contributed by atoms with Crippen LogP contribution in [-0.4, -0.2) is 30.3 Å². The van der Waals surface area contributed by atoms with Gasteiger partial charge in [0.1, 0.15) is 0 Å². The van der Waals surface area contributed by atoms with Gasteiger partial charge in [0, 0.05) is 17.1 Å². The van der Waals surface area contributed by atoms with E-state index in [2.05, 4.69) is 0 Å². The number of amides is 1. The minimum absolute atomic E-state index is 0.0514. The average molecular weight is 294 g/mol. The highest BCUT2D eigenvalue weighted by Crippen LogP contribution is 2.40. The normalized spacial score (nSPS) is 25.9. The number of rotatable bonds is 4. The van der Waals surface area contributed by atoms with Crippen molar-refractivity contribution in [2.75, 3.05) is 0 Å². The Balaban J connectivity index is 2.62. The van der Waals surface area contributed by atoms with Gasteiger partial charge in [-0.25, -0.2) is 4.31 Å². The molecule has 0 N–H and O–H groups in total. The molecule has 1 unspecified atom stereocenters. The van der Waals surface area contributed by atoms with Crippen LogP contribution in [0.2, 0.25) is 0 Å². The van der Waals surface area contributed by atoms with Gasteiger partial charge in [0.15, 0.2) is 0 Å². The molecular formula is C8H11ClF3NO3S. The molecule has 1 aliphatic heterocycles. The lowest BCUT2D eigenvalue weighted by molar-refractivity contribution is -0.147. The van der Waals surface area contributed by atoms with Crippen LogP contribution < -0.4 is 0 Å². The van der Waals surface area contributed by atoms with Crippen LogP contribution in [0.25, 0.3) is 0 Å². The molecule has 0 bridgehead atoms. The van der Waals surface area contributed by atoms with Crippen LogP contribution in [0.5, 0.6) is 0 Å². The fourth-order valence-electron chi connectivity index (χ4n) is 1.92. The summed E-state index contributed by atoms with van der Waals surface area (Å²) in [6, 6.07) is 0. The van der Waals surface area contributed by atoms with Crippen LogP contribution in [-0.2, 0) is 14.0 Å². The summed E-state index contributed by atoms with van der Waals surface area (Å²) in [5.74, 6) is -0.686. The Labute approximate surface area is 101 Å². The molecule has 1 fully saturated rings. The number of hydrogen-bond acceptors (Lipinski definition) is 3. The third-order valence-electron chi connectivity index (χ3n) is 2.64. The monoisotopic (exact) mass is 293 g/mol. The van der Waals surface area contributed by atoms with Crippen LogP contribution in [0.15, 0.2) is 0 Å². The molecule has 0 radical (unpaired) electrons. The number of nitrogens with zero attached hydrogens (tertiary/aromatic N) is 1. The zero-order valence-electron chi connectivity index (χ0n) is 8.92. The third kappa shape index (κ3) is 3.48. The van der Waals surface area contributed by atoms with Crippen LogP contribution in [0, 0.1) is 0 Å². The fourth-order valence-corrected chi connectivity index (χ4v) is 3.64. The molecule has 0 spiro atoms. The van der Waals surface area contributed by atoms with Crippen LogP contribution in [0.4, 0.5) is 13.2 Å². The van der Waals surface area contributed by atoms with Crippen molar-refractivity contribution in [2.45, 2.75) is 44.3 Å². The Kier molecular flexibility index (Phi) is 3.69. The Hall–Kier alpha value is -0.500. The van der Waals surface area contributed by atoms with Gasteiger partial charge in [0.25, 0.3) is 0 Å². The van der Waals surface area contributed by atoms with Gasteiger partial charge in [0.2, 0.25) is 5.91 Å². The Bertz CT molecular complexity index is 422. The first kappa shape index (κ1) is 14.6. The predicted octanol–water partition coefficient (Wildman–Crippen LogP) is 2.19. The molecule has 1 atom stereocenters. The molecule has 0 aromatic rings. The largest absolute Gasteiger partial charge is 0.389 e. The van der Waals surface area contributed by atoms with Crippen LogP contribution >= 0.6 is 10.7 Å². The second-order valence-corrected chi connectivity index (χ2v) is 6.60. The Morgan fingerprint density at radius 1 is 1.47 bits per heavy atom. The summed E-state index contributed by atoms with van der Waals surface area (Å²) in [5, 5.41) is 0. The molecular weight excluding hydrogens is 283 g/mol. The minimum Gasteiger partial charge on any atom is -0.274 e. The van der Waals surface area contributed by atoms with E-state index in [1.807, 2.05) is 0 Å². The Morgan fingerprint density at radius 2 is 2.00 bits per heavy atom. The molecule has 0 aromatic carbocycles. The number of halogens is 4. The highest BCUT2D eigenvalue weighted by Gasteiger charge is 2.53. The molecule has 1 heterocycles. The molecule has 0 aromatic heterocycles. The molecule has 1 aliphatic rings. The van der Waals surface area contributed by atoms with Crippen molar-refractivity contribution in [3.63, 3.8) is 0 Å². The van der Waals surface area contributed by atoms with E-state index in [-0.39, 0.29) is 19.3 Å². The maximum Gasteiger partial charge on any atom is 0.389 e. The fraction of sp³-hybridized carbons (Fsp3) is 0.875. The maximum absolute atomic E-state index is 11.9. The minimum atomic E-state index is -4.28. The molecule has 0 saturated carbocycles. The number of hydrogen-bond donors (Lipinski definition) is 0. The molecule has 0 aliphatic carbocycles. The maximum atomic E-state index is 11.9. The summed E-state index contributed by atoms with van der Waals surface area (Å²) >= 11 is 0. The van der Waals surface area contributed by atoms with Gasteiger partial charge >= 0.3 is 15.4 Å². The van der Waals surface area contributed by atoms with Gasteiger partial charge in [-0.3, -0.25) is 4.79 Å². The summed E-state index contributed by atoms with van der Waals surface area (Å²) < 4.78 is 58.4. The highest BCUT2D eigenvalue weighted by molar-refractivity contribution is 8.12. The van der Waals surface area contributed by atoms with Crippen LogP contribution in [0.1, 0.15) is 32.6 Å². The van der Waals surface area contributed by atoms with Gasteiger partial charge in [-0.1, -0.05) is 0 Å². The van der Waals surface area contributed by atoms with E-state index in [9.17, 15) is 26.4 Å². The van der Waals surface area contributed by atoms with Gasteiger partial charge in [0.05, 0.1) is 12.0 Å². The van der Waals surface area contributed by atoms with Crippen molar-refractivity contribution < 1.29 is 26.4 Å². The van der Waals surface area contributed by atoms with Crippen molar-refractivity contribution in [3.05, 3.63) is 0 Å². The first-order chi connectivity index (χ1) is 7.46. The molecule has 1 saturated heterocycles. The van der Waals surface area contributed by atoms with E-state index < -0.39 is 33.3 Å². The summed E-state index contributed by atoms with van der Waals surface area (Å²) in [7, 11) is 0.824. The summed E-state index contributed by atoms with van der Waals surface area (Å²) in [6.07, 6.45) is -5.68. The molecule has 9 heteroatoms. The lowest BCUT2D eigenvalue weighted by atomic mass is 9.84. The van der Waals surface area contributed by atoms with Crippen molar-refractivity contribution in [2.24, 2.45) is 0 Å². The molecule has 17 heavy (non-hydrogen) atoms. The lowest BCUT2D eigenvalue weighted by Gasteiger charge is -2.47. The van der Waals surface area contributed by atoms with Crippen LogP contribution in [0.3, 0.4) is 0 Å². The summed E-state index contributed by atoms with van der Waals surface area (Å²) in [4.78, 5) is 11.1. The molecule has 100 valence electrons. The lowest BCUT2D eigenvalue weighted by Crippen LogP contribution is -2.62. The smallest absolute Gasteiger partial charge is 0.274 e. The van der Waals surface area contributed by atoms with Crippen molar-refractivity contribution in [1.29, 1.82) is 0 Å². The Morgan fingerprint density at radius 3 is 2.35 bits per heavy atom. The van der Waals surface area contributed by atoms with E-state index in [1.165, 1.54) is 6.92 Å².